The number of nitrogens with zero attached hydrogens (tertiary/aromatic N) is 4. The summed E-state index contributed by atoms with van der Waals surface area (Å²) in [6, 6.07) is 0.422. The van der Waals surface area contributed by atoms with Crippen LogP contribution >= 0.6 is 23.4 Å². The molecular weight excluding hydrogens is 304 g/mol. The van der Waals surface area contributed by atoms with E-state index in [2.05, 4.69) is 29.8 Å². The van der Waals surface area contributed by atoms with Gasteiger partial charge < -0.3 is 4.57 Å². The first-order valence-electron chi connectivity index (χ1n) is 7.61. The molecule has 0 N–H and O–H groups in total. The number of aryl methyl sites for hydroxylation is 3. The van der Waals surface area contributed by atoms with E-state index >= 15 is 0 Å². The molecule has 118 valence electrons. The second-order valence-electron chi connectivity index (χ2n) is 5.46. The minimum atomic E-state index is 0.422. The van der Waals surface area contributed by atoms with Crippen molar-refractivity contribution in [3.05, 3.63) is 11.5 Å². The molecule has 0 fully saturated rings. The number of fused-ring (bicyclic) bond motifs is 1. The number of halogens is 1. The summed E-state index contributed by atoms with van der Waals surface area (Å²) in [6.45, 7) is 4.44. The van der Waals surface area contributed by atoms with Gasteiger partial charge >= 0.3 is 0 Å². The van der Waals surface area contributed by atoms with Crippen LogP contribution in [0.4, 0.5) is 0 Å². The first kappa shape index (κ1) is 16.7. The van der Waals surface area contributed by atoms with E-state index in [9.17, 15) is 0 Å². The summed E-state index contributed by atoms with van der Waals surface area (Å²) in [6.07, 6.45) is 6.17. The Morgan fingerprint density at radius 2 is 2.10 bits per heavy atom. The molecule has 1 atom stereocenters. The SMILES string of the molecule is CCCc1nn(C)c2c1nc(CCCl)n2C(C)CCSC. The van der Waals surface area contributed by atoms with Crippen molar-refractivity contribution in [1.29, 1.82) is 0 Å². The highest BCUT2D eigenvalue weighted by Gasteiger charge is 2.21. The maximum atomic E-state index is 5.97. The zero-order valence-electron chi connectivity index (χ0n) is 13.4. The molecule has 21 heavy (non-hydrogen) atoms. The minimum Gasteiger partial charge on any atom is -0.310 e. The van der Waals surface area contributed by atoms with Crippen LogP contribution in [0.5, 0.6) is 0 Å². The molecule has 2 heterocycles. The van der Waals surface area contributed by atoms with Crippen molar-refractivity contribution in [3.63, 3.8) is 0 Å². The molecule has 1 unspecified atom stereocenters. The lowest BCUT2D eigenvalue weighted by Crippen LogP contribution is -2.13. The van der Waals surface area contributed by atoms with E-state index in [0.29, 0.717) is 11.9 Å². The van der Waals surface area contributed by atoms with Crippen molar-refractivity contribution in [2.45, 2.75) is 45.6 Å². The van der Waals surface area contributed by atoms with Gasteiger partial charge in [-0.15, -0.1) is 11.6 Å². The third kappa shape index (κ3) is 3.39. The van der Waals surface area contributed by atoms with Gasteiger partial charge in [-0.05, 0) is 31.8 Å². The largest absolute Gasteiger partial charge is 0.310 e. The van der Waals surface area contributed by atoms with Gasteiger partial charge in [-0.25, -0.2) is 4.98 Å². The quantitative estimate of drug-likeness (QED) is 0.691. The number of aromatic nitrogens is 4. The summed E-state index contributed by atoms with van der Waals surface area (Å²) < 4.78 is 4.33. The lowest BCUT2D eigenvalue weighted by Gasteiger charge is -2.17. The number of thioether (sulfide) groups is 1. The van der Waals surface area contributed by atoms with Crippen LogP contribution < -0.4 is 0 Å². The molecule has 2 rings (SSSR count). The Labute approximate surface area is 136 Å². The fourth-order valence-electron chi connectivity index (χ4n) is 2.79. The van der Waals surface area contributed by atoms with Crippen molar-refractivity contribution in [2.24, 2.45) is 7.05 Å². The van der Waals surface area contributed by atoms with Gasteiger partial charge in [-0.1, -0.05) is 13.3 Å². The Morgan fingerprint density at radius 1 is 1.33 bits per heavy atom. The third-order valence-electron chi connectivity index (χ3n) is 3.79. The number of alkyl halides is 1. The summed E-state index contributed by atoms with van der Waals surface area (Å²) in [7, 11) is 2.02. The predicted octanol–water partition coefficient (Wildman–Crippen LogP) is 3.82. The maximum absolute atomic E-state index is 5.97. The molecule has 2 aromatic heterocycles. The summed E-state index contributed by atoms with van der Waals surface area (Å²) in [4.78, 5) is 4.86. The van der Waals surface area contributed by atoms with Gasteiger partial charge in [-0.3, -0.25) is 4.68 Å². The van der Waals surface area contributed by atoms with E-state index in [0.717, 1.165) is 54.1 Å². The average molecular weight is 329 g/mol. The van der Waals surface area contributed by atoms with Crippen molar-refractivity contribution < 1.29 is 0 Å². The number of hydrogen-bond donors (Lipinski definition) is 0. The van der Waals surface area contributed by atoms with Crippen LogP contribution in [0, 0.1) is 0 Å². The molecule has 2 aromatic rings. The van der Waals surface area contributed by atoms with E-state index in [-0.39, 0.29) is 0 Å². The Kier molecular flexibility index (Phi) is 5.99. The van der Waals surface area contributed by atoms with Gasteiger partial charge in [0.05, 0.1) is 5.69 Å². The van der Waals surface area contributed by atoms with E-state index in [1.807, 2.05) is 23.5 Å². The maximum Gasteiger partial charge on any atom is 0.158 e. The Balaban J connectivity index is 2.50. The molecule has 0 saturated carbocycles. The normalized spacial score (nSPS) is 13.2. The van der Waals surface area contributed by atoms with Crippen molar-refractivity contribution in [1.82, 2.24) is 19.3 Å². The van der Waals surface area contributed by atoms with E-state index in [1.165, 1.54) is 0 Å². The number of imidazole rings is 1. The van der Waals surface area contributed by atoms with Gasteiger partial charge in [0.2, 0.25) is 0 Å². The standard InChI is InChI=1S/C15H25ClN4S/c1-5-6-12-14-15(19(3)18-12)20(11(2)8-10-21-4)13(17-14)7-9-16/h11H,5-10H2,1-4H3. The molecule has 0 aromatic carbocycles. The topological polar surface area (TPSA) is 35.6 Å². The number of rotatable bonds is 8. The molecule has 0 spiro atoms. The minimum absolute atomic E-state index is 0.422. The molecule has 0 amide bonds. The van der Waals surface area contributed by atoms with Gasteiger partial charge in [0.1, 0.15) is 11.3 Å². The number of hydrogen-bond acceptors (Lipinski definition) is 3. The summed E-state index contributed by atoms with van der Waals surface area (Å²) in [5.41, 5.74) is 3.32. The second kappa shape index (κ2) is 7.54. The fraction of sp³-hybridized carbons (Fsp3) is 0.733. The highest BCUT2D eigenvalue weighted by atomic mass is 35.5. The molecular formula is C15H25ClN4S. The van der Waals surface area contributed by atoms with Crippen LogP contribution in [-0.2, 0) is 19.9 Å². The Hall–Kier alpha value is -0.680. The van der Waals surface area contributed by atoms with Crippen LogP contribution in [0.2, 0.25) is 0 Å². The summed E-state index contributed by atoms with van der Waals surface area (Å²) >= 11 is 7.86. The zero-order chi connectivity index (χ0) is 15.4. The molecule has 4 nitrogen and oxygen atoms in total. The van der Waals surface area contributed by atoms with Crippen LogP contribution in [0.15, 0.2) is 0 Å². The predicted molar refractivity (Wildman–Crippen MR) is 92.6 cm³/mol. The highest BCUT2D eigenvalue weighted by Crippen LogP contribution is 2.27. The van der Waals surface area contributed by atoms with E-state index in [1.54, 1.807) is 0 Å². The van der Waals surface area contributed by atoms with E-state index < -0.39 is 0 Å². The molecule has 0 bridgehead atoms. The first-order valence-corrected chi connectivity index (χ1v) is 9.54. The lowest BCUT2D eigenvalue weighted by molar-refractivity contribution is 0.515. The highest BCUT2D eigenvalue weighted by molar-refractivity contribution is 7.98. The van der Waals surface area contributed by atoms with Crippen molar-refractivity contribution in [2.75, 3.05) is 17.9 Å². The van der Waals surface area contributed by atoms with Gasteiger partial charge in [0.15, 0.2) is 5.65 Å². The van der Waals surface area contributed by atoms with Gasteiger partial charge in [-0.2, -0.15) is 16.9 Å². The third-order valence-corrected chi connectivity index (χ3v) is 4.63. The smallest absolute Gasteiger partial charge is 0.158 e. The first-order chi connectivity index (χ1) is 10.1. The fourth-order valence-corrected chi connectivity index (χ4v) is 3.54. The van der Waals surface area contributed by atoms with Crippen LogP contribution in [0.1, 0.15) is 44.2 Å². The van der Waals surface area contributed by atoms with Crippen LogP contribution in [0.25, 0.3) is 11.2 Å². The van der Waals surface area contributed by atoms with Crippen LogP contribution in [-0.4, -0.2) is 37.2 Å². The summed E-state index contributed by atoms with van der Waals surface area (Å²) in [5, 5.41) is 4.66. The van der Waals surface area contributed by atoms with Crippen molar-refractivity contribution in [3.8, 4) is 0 Å². The monoisotopic (exact) mass is 328 g/mol. The Morgan fingerprint density at radius 3 is 2.71 bits per heavy atom. The second-order valence-corrected chi connectivity index (χ2v) is 6.82. The van der Waals surface area contributed by atoms with Crippen molar-refractivity contribution >= 4 is 34.5 Å². The molecule has 0 aliphatic rings. The molecule has 0 aliphatic heterocycles. The molecule has 0 aliphatic carbocycles. The Bertz CT molecular complexity index is 590. The van der Waals surface area contributed by atoms with E-state index in [4.69, 9.17) is 16.6 Å². The molecule has 0 saturated heterocycles. The molecule has 0 radical (unpaired) electrons. The summed E-state index contributed by atoms with van der Waals surface area (Å²) in [5.74, 6) is 2.86. The average Bonchev–Trinajstić information content (AvgIpc) is 2.96. The van der Waals surface area contributed by atoms with Crippen LogP contribution in [0.3, 0.4) is 0 Å². The lowest BCUT2D eigenvalue weighted by atomic mass is 10.2. The zero-order valence-corrected chi connectivity index (χ0v) is 15.0. The molecule has 6 heteroatoms. The van der Waals surface area contributed by atoms with Gasteiger partial charge in [0, 0.05) is 25.4 Å². The van der Waals surface area contributed by atoms with Gasteiger partial charge in [0.25, 0.3) is 0 Å².